The van der Waals surface area contributed by atoms with Gasteiger partial charge in [0.05, 0.1) is 11.2 Å². The fourth-order valence-electron chi connectivity index (χ4n) is 4.89. The number of furan rings is 1. The van der Waals surface area contributed by atoms with Crippen molar-refractivity contribution in [3.05, 3.63) is 95.8 Å². The molecule has 0 saturated carbocycles. The molecule has 0 atom stereocenters. The van der Waals surface area contributed by atoms with Gasteiger partial charge in [-0.25, -0.2) is 0 Å². The van der Waals surface area contributed by atoms with E-state index in [1.165, 1.54) is 16.7 Å². The van der Waals surface area contributed by atoms with Crippen molar-refractivity contribution in [2.45, 2.75) is 40.0 Å². The number of aryl methyl sites for hydroxylation is 2. The third-order valence-corrected chi connectivity index (χ3v) is 6.88. The number of fused-ring (bicyclic) bond motifs is 4. The van der Waals surface area contributed by atoms with Crippen LogP contribution in [0.15, 0.2) is 83.4 Å². The van der Waals surface area contributed by atoms with Crippen molar-refractivity contribution in [1.82, 2.24) is 9.97 Å². The minimum atomic E-state index is 0.0228. The Bertz CT molecular complexity index is 1750. The van der Waals surface area contributed by atoms with E-state index in [9.17, 15) is 0 Å². The van der Waals surface area contributed by atoms with Crippen LogP contribution >= 0.6 is 0 Å². The highest BCUT2D eigenvalue weighted by Gasteiger charge is 2.18. The molecular formula is C32H28N2O. The molecule has 6 aromatic rings. The number of benzene rings is 3. The Morgan fingerprint density at radius 1 is 0.714 bits per heavy atom. The summed E-state index contributed by atoms with van der Waals surface area (Å²) in [5.41, 5.74) is 10.6. The van der Waals surface area contributed by atoms with E-state index in [1.54, 1.807) is 0 Å². The summed E-state index contributed by atoms with van der Waals surface area (Å²) in [4.78, 5) is 9.77. The van der Waals surface area contributed by atoms with Gasteiger partial charge in [0.2, 0.25) is 0 Å². The Morgan fingerprint density at radius 2 is 1.49 bits per heavy atom. The minimum absolute atomic E-state index is 0.0228. The summed E-state index contributed by atoms with van der Waals surface area (Å²) >= 11 is 0. The lowest BCUT2D eigenvalue weighted by Crippen LogP contribution is -2.13. The van der Waals surface area contributed by atoms with Crippen LogP contribution in [0.5, 0.6) is 0 Å². The van der Waals surface area contributed by atoms with E-state index in [1.807, 2.05) is 24.4 Å². The van der Waals surface area contributed by atoms with Crippen molar-refractivity contribution in [1.29, 1.82) is 0 Å². The Morgan fingerprint density at radius 3 is 2.31 bits per heavy atom. The van der Waals surface area contributed by atoms with Gasteiger partial charge in [-0.2, -0.15) is 0 Å². The van der Waals surface area contributed by atoms with Crippen LogP contribution in [0.4, 0.5) is 0 Å². The van der Waals surface area contributed by atoms with E-state index >= 15 is 0 Å². The SMILES string of the molecule is Cc1cnc(-c2cccc3c2oc2ccccc23)cc1-c1cc2ccc(C(C)(C)C)nc2cc1C. The van der Waals surface area contributed by atoms with Gasteiger partial charge in [0.1, 0.15) is 11.2 Å². The van der Waals surface area contributed by atoms with Crippen molar-refractivity contribution < 1.29 is 4.42 Å². The van der Waals surface area contributed by atoms with E-state index in [-0.39, 0.29) is 5.41 Å². The van der Waals surface area contributed by atoms with Crippen molar-refractivity contribution >= 4 is 32.8 Å². The molecule has 0 amide bonds. The first-order chi connectivity index (χ1) is 16.8. The van der Waals surface area contributed by atoms with E-state index in [4.69, 9.17) is 14.4 Å². The van der Waals surface area contributed by atoms with Gasteiger partial charge in [0, 0.05) is 39.0 Å². The number of nitrogens with zero attached hydrogens (tertiary/aromatic N) is 2. The molecule has 3 nitrogen and oxygen atoms in total. The first-order valence-corrected chi connectivity index (χ1v) is 12.1. The van der Waals surface area contributed by atoms with Crippen LogP contribution in [0.3, 0.4) is 0 Å². The highest BCUT2D eigenvalue weighted by molar-refractivity contribution is 6.09. The molecule has 0 radical (unpaired) electrons. The number of hydrogen-bond acceptors (Lipinski definition) is 3. The molecule has 172 valence electrons. The summed E-state index contributed by atoms with van der Waals surface area (Å²) in [5, 5.41) is 3.39. The lowest BCUT2D eigenvalue weighted by atomic mass is 9.90. The second-order valence-corrected chi connectivity index (χ2v) is 10.5. The highest BCUT2D eigenvalue weighted by atomic mass is 16.3. The summed E-state index contributed by atoms with van der Waals surface area (Å²) in [6.45, 7) is 10.9. The molecule has 0 aliphatic heterocycles. The van der Waals surface area contributed by atoms with Gasteiger partial charge in [-0.05, 0) is 72.5 Å². The lowest BCUT2D eigenvalue weighted by Gasteiger charge is -2.19. The lowest BCUT2D eigenvalue weighted by molar-refractivity contribution is 0.571. The van der Waals surface area contributed by atoms with Crippen molar-refractivity contribution in [3.63, 3.8) is 0 Å². The standard InChI is InChI=1S/C32H28N2O/c1-19-15-27-21(13-14-30(34-27)32(3,4)5)16-25(19)26-17-28(33-18-20(26)2)24-11-8-10-23-22-9-6-7-12-29(22)35-31(23)24/h6-18H,1-5H3. The van der Waals surface area contributed by atoms with Crippen molar-refractivity contribution in [2.75, 3.05) is 0 Å². The van der Waals surface area contributed by atoms with E-state index < -0.39 is 0 Å². The van der Waals surface area contributed by atoms with Gasteiger partial charge in [-0.3, -0.25) is 9.97 Å². The third-order valence-electron chi connectivity index (χ3n) is 6.88. The number of hydrogen-bond donors (Lipinski definition) is 0. The topological polar surface area (TPSA) is 38.9 Å². The van der Waals surface area contributed by atoms with Crippen LogP contribution in [0.1, 0.15) is 37.6 Å². The fourth-order valence-corrected chi connectivity index (χ4v) is 4.89. The van der Waals surface area contributed by atoms with E-state index in [0.717, 1.165) is 55.4 Å². The number of rotatable bonds is 2. The van der Waals surface area contributed by atoms with Crippen LogP contribution < -0.4 is 0 Å². The molecule has 0 aliphatic carbocycles. The first-order valence-electron chi connectivity index (χ1n) is 12.1. The molecule has 3 aromatic heterocycles. The maximum Gasteiger partial charge on any atom is 0.144 e. The largest absolute Gasteiger partial charge is 0.455 e. The van der Waals surface area contributed by atoms with E-state index in [0.29, 0.717) is 0 Å². The average molecular weight is 457 g/mol. The smallest absolute Gasteiger partial charge is 0.144 e. The predicted molar refractivity (Wildman–Crippen MR) is 146 cm³/mol. The Labute approximate surface area is 205 Å². The van der Waals surface area contributed by atoms with Gasteiger partial charge >= 0.3 is 0 Å². The van der Waals surface area contributed by atoms with Crippen LogP contribution in [0, 0.1) is 13.8 Å². The number of para-hydroxylation sites is 2. The second-order valence-electron chi connectivity index (χ2n) is 10.5. The maximum atomic E-state index is 6.29. The van der Waals surface area contributed by atoms with Gasteiger partial charge in [-0.15, -0.1) is 0 Å². The highest BCUT2D eigenvalue weighted by Crippen LogP contribution is 2.38. The maximum absolute atomic E-state index is 6.29. The average Bonchev–Trinajstić information content (AvgIpc) is 3.22. The fraction of sp³-hybridized carbons (Fsp3) is 0.188. The Hall–Kier alpha value is -3.98. The normalized spacial score (nSPS) is 12.1. The van der Waals surface area contributed by atoms with Crippen LogP contribution in [0.2, 0.25) is 0 Å². The zero-order chi connectivity index (χ0) is 24.3. The van der Waals surface area contributed by atoms with E-state index in [2.05, 4.69) is 89.2 Å². The Kier molecular flexibility index (Phi) is 4.79. The van der Waals surface area contributed by atoms with Crippen LogP contribution in [0.25, 0.3) is 55.2 Å². The van der Waals surface area contributed by atoms with Gasteiger partial charge < -0.3 is 4.42 Å². The molecule has 0 N–H and O–H groups in total. The van der Waals surface area contributed by atoms with Gasteiger partial charge in [0.15, 0.2) is 0 Å². The molecule has 0 fully saturated rings. The van der Waals surface area contributed by atoms with Crippen LogP contribution in [-0.2, 0) is 5.41 Å². The van der Waals surface area contributed by atoms with Crippen molar-refractivity contribution in [2.24, 2.45) is 0 Å². The molecule has 0 spiro atoms. The molecule has 0 unspecified atom stereocenters. The summed E-state index contributed by atoms with van der Waals surface area (Å²) in [7, 11) is 0. The monoisotopic (exact) mass is 456 g/mol. The quantitative estimate of drug-likeness (QED) is 0.261. The number of pyridine rings is 2. The molecule has 35 heavy (non-hydrogen) atoms. The summed E-state index contributed by atoms with van der Waals surface area (Å²) in [6, 6.07) is 25.5. The van der Waals surface area contributed by atoms with Crippen molar-refractivity contribution in [3.8, 4) is 22.4 Å². The molecular weight excluding hydrogens is 428 g/mol. The molecule has 0 bridgehead atoms. The summed E-state index contributed by atoms with van der Waals surface area (Å²) in [6.07, 6.45) is 1.97. The molecule has 6 rings (SSSR count). The molecule has 0 saturated heterocycles. The molecule has 0 aliphatic rings. The summed E-state index contributed by atoms with van der Waals surface area (Å²) < 4.78 is 6.29. The van der Waals surface area contributed by atoms with Gasteiger partial charge in [0.25, 0.3) is 0 Å². The minimum Gasteiger partial charge on any atom is -0.455 e. The van der Waals surface area contributed by atoms with Crippen LogP contribution in [-0.4, -0.2) is 9.97 Å². The third kappa shape index (κ3) is 3.59. The molecule has 3 heterocycles. The Balaban J connectivity index is 1.52. The number of aromatic nitrogens is 2. The summed E-state index contributed by atoms with van der Waals surface area (Å²) in [5.74, 6) is 0. The van der Waals surface area contributed by atoms with Gasteiger partial charge in [-0.1, -0.05) is 57.2 Å². The zero-order valence-electron chi connectivity index (χ0n) is 20.8. The second kappa shape index (κ2) is 7.78. The predicted octanol–water partition coefficient (Wildman–Crippen LogP) is 8.78. The zero-order valence-corrected chi connectivity index (χ0v) is 20.8. The first kappa shape index (κ1) is 21.5. The molecule has 3 heteroatoms. The molecule has 3 aromatic carbocycles.